The van der Waals surface area contributed by atoms with Gasteiger partial charge in [0.05, 0.1) is 12.1 Å². The van der Waals surface area contributed by atoms with Gasteiger partial charge in [-0.15, -0.1) is 6.42 Å². The summed E-state index contributed by atoms with van der Waals surface area (Å²) in [6.45, 7) is 3.97. The first-order valence-corrected chi connectivity index (χ1v) is 6.95. The van der Waals surface area contributed by atoms with Crippen molar-refractivity contribution in [3.05, 3.63) is 24.3 Å². The van der Waals surface area contributed by atoms with Crippen LogP contribution >= 0.6 is 0 Å². The molecule has 0 heterocycles. The van der Waals surface area contributed by atoms with Crippen LogP contribution in [0.1, 0.15) is 26.7 Å². The normalized spacial score (nSPS) is 10.6. The van der Waals surface area contributed by atoms with Gasteiger partial charge in [-0.25, -0.2) is 4.79 Å². The van der Waals surface area contributed by atoms with Crippen molar-refractivity contribution in [1.82, 2.24) is 5.32 Å². The summed E-state index contributed by atoms with van der Waals surface area (Å²) in [6.07, 6.45) is 6.43. The molecule has 0 spiro atoms. The molecule has 114 valence electrons. The molecule has 21 heavy (non-hydrogen) atoms. The molecule has 1 aromatic rings. The molecule has 1 aromatic carbocycles. The highest BCUT2D eigenvalue weighted by molar-refractivity contribution is 5.89. The Kier molecular flexibility index (Phi) is 6.57. The topological polar surface area (TPSA) is 70.6 Å². The van der Waals surface area contributed by atoms with Gasteiger partial charge >= 0.3 is 6.03 Å². The quantitative estimate of drug-likeness (QED) is 0.675. The van der Waals surface area contributed by atoms with Crippen molar-refractivity contribution in [2.24, 2.45) is 0 Å². The molecule has 0 aliphatic heterocycles. The number of carbonyl (C=O) groups is 1. The van der Waals surface area contributed by atoms with Crippen LogP contribution < -0.4 is 15.4 Å². The molecule has 0 atom stereocenters. The van der Waals surface area contributed by atoms with E-state index in [0.29, 0.717) is 24.3 Å². The number of aliphatic hydroxyl groups excluding tert-OH is 1. The van der Waals surface area contributed by atoms with Crippen molar-refractivity contribution >= 4 is 11.7 Å². The van der Waals surface area contributed by atoms with E-state index in [1.807, 2.05) is 13.8 Å². The second-order valence-electron chi connectivity index (χ2n) is 4.74. The third kappa shape index (κ3) is 5.01. The number of terminal acetylenes is 1. The van der Waals surface area contributed by atoms with Crippen LogP contribution in [0.2, 0.25) is 0 Å². The van der Waals surface area contributed by atoms with Crippen LogP contribution in [-0.2, 0) is 0 Å². The lowest BCUT2D eigenvalue weighted by molar-refractivity contribution is 0.155. The smallest absolute Gasteiger partial charge is 0.319 e. The number of ether oxygens (including phenoxy) is 1. The maximum atomic E-state index is 12.0. The second-order valence-corrected chi connectivity index (χ2v) is 4.74. The SMILES string of the molecule is C#CCOc1ccc(NC(=O)NC(CC)(CC)CO)cc1. The highest BCUT2D eigenvalue weighted by Gasteiger charge is 2.27. The highest BCUT2D eigenvalue weighted by atomic mass is 16.5. The van der Waals surface area contributed by atoms with Gasteiger partial charge in [0, 0.05) is 5.69 Å². The molecule has 0 aliphatic rings. The van der Waals surface area contributed by atoms with Gasteiger partial charge in [0.15, 0.2) is 0 Å². The van der Waals surface area contributed by atoms with E-state index in [4.69, 9.17) is 11.2 Å². The Bertz CT molecular complexity index is 479. The van der Waals surface area contributed by atoms with Crippen molar-refractivity contribution in [2.75, 3.05) is 18.5 Å². The van der Waals surface area contributed by atoms with Gasteiger partial charge in [-0.05, 0) is 37.1 Å². The largest absolute Gasteiger partial charge is 0.481 e. The average molecular weight is 290 g/mol. The van der Waals surface area contributed by atoms with Crippen molar-refractivity contribution in [3.8, 4) is 18.1 Å². The average Bonchev–Trinajstić information content (AvgIpc) is 2.52. The lowest BCUT2D eigenvalue weighted by Gasteiger charge is -2.30. The summed E-state index contributed by atoms with van der Waals surface area (Å²) in [5, 5.41) is 15.0. The van der Waals surface area contributed by atoms with E-state index in [-0.39, 0.29) is 19.2 Å². The molecule has 2 amide bonds. The Hall–Kier alpha value is -2.19. The van der Waals surface area contributed by atoms with Crippen molar-refractivity contribution in [3.63, 3.8) is 0 Å². The minimum Gasteiger partial charge on any atom is -0.481 e. The van der Waals surface area contributed by atoms with Crippen LogP contribution in [0.4, 0.5) is 10.5 Å². The Balaban J connectivity index is 2.60. The number of carbonyl (C=O) groups excluding carboxylic acids is 1. The molecular formula is C16H22N2O3. The van der Waals surface area contributed by atoms with Crippen molar-refractivity contribution in [1.29, 1.82) is 0 Å². The van der Waals surface area contributed by atoms with Gasteiger partial charge in [-0.2, -0.15) is 0 Å². The summed E-state index contributed by atoms with van der Waals surface area (Å²) in [4.78, 5) is 12.0. The minimum atomic E-state index is -0.583. The van der Waals surface area contributed by atoms with Crippen LogP contribution in [-0.4, -0.2) is 29.9 Å². The Morgan fingerprint density at radius 3 is 2.43 bits per heavy atom. The second kappa shape index (κ2) is 8.18. The molecule has 0 saturated heterocycles. The zero-order chi connectivity index (χ0) is 15.7. The van der Waals surface area contributed by atoms with E-state index in [9.17, 15) is 9.90 Å². The predicted octanol–water partition coefficient (Wildman–Crippen LogP) is 2.37. The summed E-state index contributed by atoms with van der Waals surface area (Å²) < 4.78 is 5.25. The number of benzene rings is 1. The van der Waals surface area contributed by atoms with Gasteiger partial charge in [0.25, 0.3) is 0 Å². The van der Waals surface area contributed by atoms with E-state index in [1.54, 1.807) is 24.3 Å². The summed E-state index contributed by atoms with van der Waals surface area (Å²) in [5.74, 6) is 3.03. The fraction of sp³-hybridized carbons (Fsp3) is 0.438. The Morgan fingerprint density at radius 1 is 1.33 bits per heavy atom. The summed E-state index contributed by atoms with van der Waals surface area (Å²) in [5.41, 5.74) is 0.0551. The van der Waals surface area contributed by atoms with Crippen LogP contribution in [0.25, 0.3) is 0 Å². The fourth-order valence-electron chi connectivity index (χ4n) is 1.85. The number of amides is 2. The first-order valence-electron chi connectivity index (χ1n) is 6.95. The van der Waals surface area contributed by atoms with Gasteiger partial charge < -0.3 is 20.5 Å². The first kappa shape index (κ1) is 16.9. The zero-order valence-corrected chi connectivity index (χ0v) is 12.5. The lowest BCUT2D eigenvalue weighted by Crippen LogP contribution is -2.51. The number of hydrogen-bond donors (Lipinski definition) is 3. The Labute approximate surface area is 125 Å². The summed E-state index contributed by atoms with van der Waals surface area (Å²) in [6, 6.07) is 6.57. The molecule has 0 saturated carbocycles. The minimum absolute atomic E-state index is 0.0910. The highest BCUT2D eigenvalue weighted by Crippen LogP contribution is 2.17. The number of anilines is 1. The number of aliphatic hydroxyl groups is 1. The molecule has 0 bridgehead atoms. The zero-order valence-electron chi connectivity index (χ0n) is 12.5. The monoisotopic (exact) mass is 290 g/mol. The van der Waals surface area contributed by atoms with Crippen LogP contribution in [0.5, 0.6) is 5.75 Å². The number of nitrogens with one attached hydrogen (secondary N) is 2. The van der Waals surface area contributed by atoms with Gasteiger partial charge in [-0.3, -0.25) is 0 Å². The molecule has 3 N–H and O–H groups in total. The lowest BCUT2D eigenvalue weighted by atomic mass is 9.94. The Morgan fingerprint density at radius 2 is 1.95 bits per heavy atom. The van der Waals surface area contributed by atoms with E-state index in [1.165, 1.54) is 0 Å². The number of rotatable bonds is 7. The van der Waals surface area contributed by atoms with Gasteiger partial charge in [0.1, 0.15) is 12.4 Å². The molecule has 5 heteroatoms. The third-order valence-electron chi connectivity index (χ3n) is 3.47. The van der Waals surface area contributed by atoms with E-state index >= 15 is 0 Å². The van der Waals surface area contributed by atoms with Gasteiger partial charge in [-0.1, -0.05) is 19.8 Å². The molecule has 5 nitrogen and oxygen atoms in total. The molecule has 0 radical (unpaired) electrons. The molecule has 0 fully saturated rings. The van der Waals surface area contributed by atoms with Crippen molar-refractivity contribution in [2.45, 2.75) is 32.2 Å². The summed E-state index contributed by atoms with van der Waals surface area (Å²) in [7, 11) is 0. The standard InChI is InChI=1S/C16H22N2O3/c1-4-11-21-14-9-7-13(8-10-14)17-15(20)18-16(5-2,6-3)12-19/h1,7-10,19H,5-6,11-12H2,2-3H3,(H2,17,18,20). The molecule has 0 unspecified atom stereocenters. The van der Waals surface area contributed by atoms with E-state index in [2.05, 4.69) is 16.6 Å². The van der Waals surface area contributed by atoms with Crippen molar-refractivity contribution < 1.29 is 14.6 Å². The number of urea groups is 1. The predicted molar refractivity (Wildman–Crippen MR) is 83.3 cm³/mol. The van der Waals surface area contributed by atoms with Crippen LogP contribution in [0.3, 0.4) is 0 Å². The molecule has 0 aliphatic carbocycles. The first-order chi connectivity index (χ1) is 10.1. The number of hydrogen-bond acceptors (Lipinski definition) is 3. The maximum absolute atomic E-state index is 12.0. The molecule has 1 rings (SSSR count). The molecular weight excluding hydrogens is 268 g/mol. The van der Waals surface area contributed by atoms with Crippen LogP contribution in [0, 0.1) is 12.3 Å². The molecule has 0 aromatic heterocycles. The van der Waals surface area contributed by atoms with E-state index < -0.39 is 5.54 Å². The maximum Gasteiger partial charge on any atom is 0.319 e. The third-order valence-corrected chi connectivity index (χ3v) is 3.47. The van der Waals surface area contributed by atoms with Crippen LogP contribution in [0.15, 0.2) is 24.3 Å². The van der Waals surface area contributed by atoms with Gasteiger partial charge in [0.2, 0.25) is 0 Å². The summed E-state index contributed by atoms with van der Waals surface area (Å²) >= 11 is 0. The van der Waals surface area contributed by atoms with E-state index in [0.717, 1.165) is 0 Å². The fourth-order valence-corrected chi connectivity index (χ4v) is 1.85.